The topological polar surface area (TPSA) is 97.2 Å². The predicted octanol–water partition coefficient (Wildman–Crippen LogP) is 1.06. The molecular weight excluding hydrogens is 204 g/mol. The second kappa shape index (κ2) is 5.55. The highest BCUT2D eigenvalue weighted by molar-refractivity contribution is 5.61. The van der Waals surface area contributed by atoms with Crippen LogP contribution in [0, 0.1) is 5.92 Å². The predicted molar refractivity (Wildman–Crippen MR) is 67.0 cm³/mol. The van der Waals surface area contributed by atoms with Gasteiger partial charge in [0.2, 0.25) is 0 Å². The number of nitrogens with zero attached hydrogens (tertiary/aromatic N) is 1. The Morgan fingerprint density at radius 1 is 1.38 bits per heavy atom. The zero-order valence-corrected chi connectivity index (χ0v) is 9.77. The molecule has 0 aliphatic carbocycles. The van der Waals surface area contributed by atoms with Gasteiger partial charge < -0.3 is 21.9 Å². The lowest BCUT2D eigenvalue weighted by Crippen LogP contribution is -2.26. The van der Waals surface area contributed by atoms with Crippen LogP contribution in [0.5, 0.6) is 0 Å². The molecule has 0 spiro atoms. The average Bonchev–Trinajstić information content (AvgIpc) is 2.22. The third kappa shape index (κ3) is 3.58. The van der Waals surface area contributed by atoms with E-state index in [1.807, 2.05) is 0 Å². The van der Waals surface area contributed by atoms with Crippen LogP contribution in [0.4, 0.5) is 17.3 Å². The number of aliphatic hydroxyl groups excluding tert-OH is 1. The van der Waals surface area contributed by atoms with Crippen LogP contribution < -0.4 is 16.8 Å². The molecule has 1 unspecified atom stereocenters. The molecule has 0 aliphatic rings. The largest absolute Gasteiger partial charge is 0.396 e. The van der Waals surface area contributed by atoms with Gasteiger partial charge in [0.15, 0.2) is 0 Å². The van der Waals surface area contributed by atoms with Crippen LogP contribution in [0.25, 0.3) is 0 Å². The van der Waals surface area contributed by atoms with Gasteiger partial charge in [0.05, 0.1) is 18.3 Å². The summed E-state index contributed by atoms with van der Waals surface area (Å²) < 4.78 is 0. The van der Waals surface area contributed by atoms with Gasteiger partial charge in [-0.3, -0.25) is 0 Å². The second-order valence-electron chi connectivity index (χ2n) is 4.32. The molecule has 0 radical (unpaired) electrons. The van der Waals surface area contributed by atoms with Crippen LogP contribution >= 0.6 is 0 Å². The van der Waals surface area contributed by atoms with Gasteiger partial charge >= 0.3 is 0 Å². The maximum absolute atomic E-state index is 9.21. The van der Waals surface area contributed by atoms with Gasteiger partial charge in [0.25, 0.3) is 0 Å². The molecule has 1 heterocycles. The Bertz CT molecular complexity index is 341. The van der Waals surface area contributed by atoms with Crippen LogP contribution in [-0.2, 0) is 0 Å². The van der Waals surface area contributed by atoms with Gasteiger partial charge in [-0.25, -0.2) is 4.98 Å². The molecule has 16 heavy (non-hydrogen) atoms. The summed E-state index contributed by atoms with van der Waals surface area (Å²) in [6.07, 6.45) is 0.877. The molecule has 0 bridgehead atoms. The number of anilines is 3. The van der Waals surface area contributed by atoms with Crippen molar-refractivity contribution in [1.29, 1.82) is 0 Å². The summed E-state index contributed by atoms with van der Waals surface area (Å²) >= 11 is 0. The number of pyridine rings is 1. The Morgan fingerprint density at radius 3 is 2.56 bits per heavy atom. The van der Waals surface area contributed by atoms with Gasteiger partial charge in [0, 0.05) is 0 Å². The van der Waals surface area contributed by atoms with Gasteiger partial charge in [0.1, 0.15) is 11.6 Å². The quantitative estimate of drug-likeness (QED) is 0.599. The number of aliphatic hydroxyl groups is 1. The van der Waals surface area contributed by atoms with Crippen molar-refractivity contribution in [3.05, 3.63) is 12.1 Å². The van der Waals surface area contributed by atoms with E-state index >= 15 is 0 Å². The molecule has 0 aromatic carbocycles. The van der Waals surface area contributed by atoms with Crippen molar-refractivity contribution in [1.82, 2.24) is 4.98 Å². The normalized spacial score (nSPS) is 12.8. The summed E-state index contributed by atoms with van der Waals surface area (Å²) in [6, 6.07) is 3.46. The van der Waals surface area contributed by atoms with E-state index in [0.29, 0.717) is 23.2 Å². The maximum Gasteiger partial charge on any atom is 0.149 e. The first-order chi connectivity index (χ1) is 7.52. The molecule has 1 rings (SSSR count). The molecule has 0 amide bonds. The minimum Gasteiger partial charge on any atom is -0.396 e. The second-order valence-corrected chi connectivity index (χ2v) is 4.32. The Kier molecular flexibility index (Phi) is 4.37. The average molecular weight is 224 g/mol. The molecule has 6 N–H and O–H groups in total. The molecule has 0 saturated carbocycles. The number of aromatic nitrogens is 1. The minimum absolute atomic E-state index is 0.00414. The van der Waals surface area contributed by atoms with Crippen molar-refractivity contribution >= 4 is 17.3 Å². The van der Waals surface area contributed by atoms with Gasteiger partial charge in [-0.15, -0.1) is 0 Å². The van der Waals surface area contributed by atoms with Gasteiger partial charge in [-0.1, -0.05) is 13.8 Å². The fraction of sp³-hybridized carbons (Fsp3) is 0.545. The van der Waals surface area contributed by atoms with E-state index in [1.54, 1.807) is 12.1 Å². The molecule has 0 saturated heterocycles. The highest BCUT2D eigenvalue weighted by Crippen LogP contribution is 2.16. The highest BCUT2D eigenvalue weighted by atomic mass is 16.3. The third-order valence-electron chi connectivity index (χ3n) is 2.29. The molecular formula is C11H20N4O. The van der Waals surface area contributed by atoms with Crippen molar-refractivity contribution < 1.29 is 5.11 Å². The van der Waals surface area contributed by atoms with Crippen molar-refractivity contribution in [2.45, 2.75) is 26.3 Å². The molecule has 1 aromatic rings. The Labute approximate surface area is 95.9 Å². The Morgan fingerprint density at radius 2 is 2.06 bits per heavy atom. The Balaban J connectivity index is 2.66. The number of nitrogen functional groups attached to an aromatic ring is 2. The number of hydrogen-bond donors (Lipinski definition) is 4. The van der Waals surface area contributed by atoms with Crippen molar-refractivity contribution in [2.75, 3.05) is 23.4 Å². The van der Waals surface area contributed by atoms with E-state index in [2.05, 4.69) is 24.1 Å². The fourth-order valence-corrected chi connectivity index (χ4v) is 1.52. The summed E-state index contributed by atoms with van der Waals surface area (Å²) in [6.45, 7) is 4.29. The van der Waals surface area contributed by atoms with Crippen molar-refractivity contribution in [3.63, 3.8) is 0 Å². The van der Waals surface area contributed by atoms with E-state index in [4.69, 9.17) is 11.5 Å². The zero-order valence-electron chi connectivity index (χ0n) is 9.77. The number of rotatable bonds is 5. The SMILES string of the molecule is CC(C)CC(CO)Nc1ccc(N)c(N)n1. The van der Waals surface area contributed by atoms with E-state index in [0.717, 1.165) is 6.42 Å². The van der Waals surface area contributed by atoms with Crippen LogP contribution in [0.2, 0.25) is 0 Å². The number of nitrogens with one attached hydrogen (secondary N) is 1. The molecule has 0 aliphatic heterocycles. The van der Waals surface area contributed by atoms with Crippen LogP contribution in [0.3, 0.4) is 0 Å². The van der Waals surface area contributed by atoms with E-state index < -0.39 is 0 Å². The van der Waals surface area contributed by atoms with Crippen LogP contribution in [0.15, 0.2) is 12.1 Å². The minimum atomic E-state index is -0.00414. The van der Waals surface area contributed by atoms with Crippen molar-refractivity contribution in [3.8, 4) is 0 Å². The van der Waals surface area contributed by atoms with Gasteiger partial charge in [-0.2, -0.15) is 0 Å². The summed E-state index contributed by atoms with van der Waals surface area (Å²) in [5, 5.41) is 12.3. The third-order valence-corrected chi connectivity index (χ3v) is 2.29. The number of hydrogen-bond acceptors (Lipinski definition) is 5. The van der Waals surface area contributed by atoms with E-state index in [9.17, 15) is 5.11 Å². The Hall–Kier alpha value is -1.49. The van der Waals surface area contributed by atoms with Gasteiger partial charge in [-0.05, 0) is 24.5 Å². The van der Waals surface area contributed by atoms with Crippen LogP contribution in [-0.4, -0.2) is 22.7 Å². The summed E-state index contributed by atoms with van der Waals surface area (Å²) in [5.74, 6) is 1.47. The summed E-state index contributed by atoms with van der Waals surface area (Å²) in [4.78, 5) is 4.10. The lowest BCUT2D eigenvalue weighted by molar-refractivity contribution is 0.259. The van der Waals surface area contributed by atoms with Crippen molar-refractivity contribution in [2.24, 2.45) is 5.92 Å². The van der Waals surface area contributed by atoms with E-state index in [1.165, 1.54) is 0 Å². The first kappa shape index (κ1) is 12.6. The summed E-state index contributed by atoms with van der Waals surface area (Å²) in [7, 11) is 0. The highest BCUT2D eigenvalue weighted by Gasteiger charge is 2.10. The first-order valence-electron chi connectivity index (χ1n) is 5.42. The monoisotopic (exact) mass is 224 g/mol. The summed E-state index contributed by atoms with van der Waals surface area (Å²) in [5.41, 5.74) is 11.6. The lowest BCUT2D eigenvalue weighted by Gasteiger charge is -2.19. The molecule has 1 atom stereocenters. The number of nitrogens with two attached hydrogens (primary N) is 2. The van der Waals surface area contributed by atoms with Crippen LogP contribution in [0.1, 0.15) is 20.3 Å². The molecule has 90 valence electrons. The maximum atomic E-state index is 9.21. The molecule has 0 fully saturated rings. The first-order valence-corrected chi connectivity index (χ1v) is 5.42. The molecule has 5 nitrogen and oxygen atoms in total. The standard InChI is InChI=1S/C11H20N4O/c1-7(2)5-8(6-16)14-10-4-3-9(12)11(13)15-10/h3-4,7-8,16H,5-6,12H2,1-2H3,(H3,13,14,15). The zero-order chi connectivity index (χ0) is 12.1. The molecule has 5 heteroatoms. The fourth-order valence-electron chi connectivity index (χ4n) is 1.52. The lowest BCUT2D eigenvalue weighted by atomic mass is 10.0. The molecule has 1 aromatic heterocycles. The van der Waals surface area contributed by atoms with E-state index in [-0.39, 0.29) is 12.6 Å². The smallest absolute Gasteiger partial charge is 0.149 e.